The van der Waals surface area contributed by atoms with Crippen LogP contribution in [0.3, 0.4) is 0 Å². The van der Waals surface area contributed by atoms with Crippen molar-refractivity contribution in [1.82, 2.24) is 4.90 Å². The highest BCUT2D eigenvalue weighted by atomic mass is 19.4. The topological polar surface area (TPSA) is 29.5 Å². The first kappa shape index (κ1) is 17.3. The van der Waals surface area contributed by atoms with E-state index in [0.29, 0.717) is 6.54 Å². The molecule has 0 fully saturated rings. The summed E-state index contributed by atoms with van der Waals surface area (Å²) in [6.45, 7) is -1.16. The third-order valence-corrected chi connectivity index (χ3v) is 3.44. The zero-order valence-electron chi connectivity index (χ0n) is 12.8. The van der Waals surface area contributed by atoms with Crippen LogP contribution in [-0.2, 0) is 16.1 Å². The van der Waals surface area contributed by atoms with Crippen molar-refractivity contribution in [2.75, 3.05) is 20.3 Å². The molecule has 1 amide bonds. The SMILES string of the molecule is CN(Cc1cccc2ccccc12)C(=O)CCOCC(F)(F)F. The predicted octanol–water partition coefficient (Wildman–Crippen LogP) is 3.77. The molecule has 2 aromatic rings. The highest BCUT2D eigenvalue weighted by molar-refractivity contribution is 5.86. The van der Waals surface area contributed by atoms with Gasteiger partial charge in [-0.15, -0.1) is 0 Å². The number of alkyl halides is 3. The van der Waals surface area contributed by atoms with E-state index in [9.17, 15) is 18.0 Å². The molecule has 0 aliphatic rings. The zero-order chi connectivity index (χ0) is 16.9. The number of carbonyl (C=O) groups is 1. The normalized spacial score (nSPS) is 11.7. The highest BCUT2D eigenvalue weighted by Crippen LogP contribution is 2.20. The summed E-state index contributed by atoms with van der Waals surface area (Å²) in [6, 6.07) is 13.7. The van der Waals surface area contributed by atoms with Gasteiger partial charge in [0.2, 0.25) is 5.91 Å². The summed E-state index contributed by atoms with van der Waals surface area (Å²) < 4.78 is 40.3. The fraction of sp³-hybridized carbons (Fsp3) is 0.353. The van der Waals surface area contributed by atoms with E-state index < -0.39 is 12.8 Å². The lowest BCUT2D eigenvalue weighted by molar-refractivity contribution is -0.175. The van der Waals surface area contributed by atoms with Gasteiger partial charge >= 0.3 is 6.18 Å². The second-order valence-electron chi connectivity index (χ2n) is 5.31. The number of halogens is 3. The molecule has 2 rings (SSSR count). The summed E-state index contributed by atoms with van der Waals surface area (Å²) >= 11 is 0. The minimum absolute atomic E-state index is 0.0721. The third-order valence-electron chi connectivity index (χ3n) is 3.44. The Bertz CT molecular complexity index is 665. The van der Waals surface area contributed by atoms with Crippen LogP contribution in [0.2, 0.25) is 0 Å². The lowest BCUT2D eigenvalue weighted by Crippen LogP contribution is -2.28. The number of amides is 1. The molecule has 23 heavy (non-hydrogen) atoms. The maximum absolute atomic E-state index is 12.0. The van der Waals surface area contributed by atoms with Crippen molar-refractivity contribution in [2.45, 2.75) is 19.1 Å². The number of nitrogens with zero attached hydrogens (tertiary/aromatic N) is 1. The van der Waals surface area contributed by atoms with Crippen LogP contribution in [0, 0.1) is 0 Å². The van der Waals surface area contributed by atoms with Crippen molar-refractivity contribution in [3.63, 3.8) is 0 Å². The van der Waals surface area contributed by atoms with E-state index >= 15 is 0 Å². The molecule has 0 aliphatic heterocycles. The standard InChI is InChI=1S/C17H18F3NO2/c1-21(16(22)9-10-23-12-17(18,19)20)11-14-7-4-6-13-5-2-3-8-15(13)14/h2-8H,9-12H2,1H3. The Morgan fingerprint density at radius 1 is 1.13 bits per heavy atom. The van der Waals surface area contributed by atoms with Gasteiger partial charge in [0.1, 0.15) is 6.61 Å². The number of fused-ring (bicyclic) bond motifs is 1. The lowest BCUT2D eigenvalue weighted by atomic mass is 10.0. The summed E-state index contributed by atoms with van der Waals surface area (Å²) in [7, 11) is 1.63. The molecule has 6 heteroatoms. The van der Waals surface area contributed by atoms with Crippen LogP contribution in [0.1, 0.15) is 12.0 Å². The maximum Gasteiger partial charge on any atom is 0.411 e. The second kappa shape index (κ2) is 7.46. The van der Waals surface area contributed by atoms with Crippen LogP contribution < -0.4 is 0 Å². The number of hydrogen-bond donors (Lipinski definition) is 0. The van der Waals surface area contributed by atoms with Crippen LogP contribution in [-0.4, -0.2) is 37.2 Å². The molecule has 0 saturated carbocycles. The quantitative estimate of drug-likeness (QED) is 0.757. The molecular formula is C17H18F3NO2. The molecule has 0 aromatic heterocycles. The fourth-order valence-corrected chi connectivity index (χ4v) is 2.31. The van der Waals surface area contributed by atoms with Gasteiger partial charge < -0.3 is 9.64 Å². The van der Waals surface area contributed by atoms with Gasteiger partial charge in [-0.1, -0.05) is 42.5 Å². The Kier molecular flexibility index (Phi) is 5.60. The molecule has 0 unspecified atom stereocenters. The second-order valence-corrected chi connectivity index (χ2v) is 5.31. The highest BCUT2D eigenvalue weighted by Gasteiger charge is 2.27. The average molecular weight is 325 g/mol. The van der Waals surface area contributed by atoms with E-state index in [-0.39, 0.29) is 18.9 Å². The van der Waals surface area contributed by atoms with E-state index in [0.717, 1.165) is 16.3 Å². The van der Waals surface area contributed by atoms with Gasteiger partial charge in [0.05, 0.1) is 13.0 Å². The number of rotatable bonds is 6. The monoisotopic (exact) mass is 325 g/mol. The first-order chi connectivity index (χ1) is 10.9. The fourth-order valence-electron chi connectivity index (χ4n) is 2.31. The summed E-state index contributed by atoms with van der Waals surface area (Å²) in [5, 5.41) is 2.14. The number of benzene rings is 2. The average Bonchev–Trinajstić information content (AvgIpc) is 2.50. The summed E-state index contributed by atoms with van der Waals surface area (Å²) in [6.07, 6.45) is -4.44. The smallest absolute Gasteiger partial charge is 0.372 e. The maximum atomic E-state index is 12.0. The van der Waals surface area contributed by atoms with Crippen molar-refractivity contribution >= 4 is 16.7 Å². The van der Waals surface area contributed by atoms with Gasteiger partial charge in [-0.2, -0.15) is 13.2 Å². The minimum Gasteiger partial charge on any atom is -0.372 e. The molecule has 0 N–H and O–H groups in total. The van der Waals surface area contributed by atoms with Crippen LogP contribution in [0.4, 0.5) is 13.2 Å². The summed E-state index contributed by atoms with van der Waals surface area (Å²) in [5.74, 6) is -0.250. The molecule has 0 bridgehead atoms. The van der Waals surface area contributed by atoms with Crippen LogP contribution in [0.5, 0.6) is 0 Å². The molecule has 0 radical (unpaired) electrons. The predicted molar refractivity (Wildman–Crippen MR) is 81.9 cm³/mol. The van der Waals surface area contributed by atoms with Gasteiger partial charge in [0.25, 0.3) is 0 Å². The van der Waals surface area contributed by atoms with Gasteiger partial charge in [-0.05, 0) is 16.3 Å². The van der Waals surface area contributed by atoms with E-state index in [1.807, 2.05) is 42.5 Å². The largest absolute Gasteiger partial charge is 0.411 e. The Morgan fingerprint density at radius 3 is 2.57 bits per heavy atom. The van der Waals surface area contributed by atoms with Crippen LogP contribution >= 0.6 is 0 Å². The summed E-state index contributed by atoms with van der Waals surface area (Å²) in [4.78, 5) is 13.5. The molecule has 3 nitrogen and oxygen atoms in total. The van der Waals surface area contributed by atoms with Crippen molar-refractivity contribution in [2.24, 2.45) is 0 Å². The Balaban J connectivity index is 1.90. The van der Waals surface area contributed by atoms with Gasteiger partial charge in [-0.3, -0.25) is 4.79 Å². The van der Waals surface area contributed by atoms with E-state index in [4.69, 9.17) is 0 Å². The molecule has 0 saturated heterocycles. The first-order valence-electron chi connectivity index (χ1n) is 7.22. The Labute approximate surface area is 132 Å². The molecule has 2 aromatic carbocycles. The third kappa shape index (κ3) is 5.25. The Hall–Kier alpha value is -2.08. The van der Waals surface area contributed by atoms with E-state index in [2.05, 4.69) is 4.74 Å². The number of ether oxygens (including phenoxy) is 1. The molecule has 0 spiro atoms. The lowest BCUT2D eigenvalue weighted by Gasteiger charge is -2.18. The number of carbonyl (C=O) groups excluding carboxylic acids is 1. The van der Waals surface area contributed by atoms with Gasteiger partial charge in [-0.25, -0.2) is 0 Å². The van der Waals surface area contributed by atoms with Gasteiger partial charge in [0.15, 0.2) is 0 Å². The molecule has 0 atom stereocenters. The van der Waals surface area contributed by atoms with Gasteiger partial charge in [0, 0.05) is 13.6 Å². The van der Waals surface area contributed by atoms with Crippen molar-refractivity contribution in [3.05, 3.63) is 48.0 Å². The summed E-state index contributed by atoms with van der Waals surface area (Å²) in [5.41, 5.74) is 0.996. The van der Waals surface area contributed by atoms with E-state index in [1.54, 1.807) is 7.05 Å². The zero-order valence-corrected chi connectivity index (χ0v) is 12.8. The molecule has 124 valence electrons. The van der Waals surface area contributed by atoms with Crippen molar-refractivity contribution < 1.29 is 22.7 Å². The Morgan fingerprint density at radius 2 is 1.83 bits per heavy atom. The minimum atomic E-state index is -4.36. The number of hydrogen-bond acceptors (Lipinski definition) is 2. The van der Waals surface area contributed by atoms with Crippen molar-refractivity contribution in [1.29, 1.82) is 0 Å². The van der Waals surface area contributed by atoms with Crippen molar-refractivity contribution in [3.8, 4) is 0 Å². The molecule has 0 heterocycles. The van der Waals surface area contributed by atoms with Crippen LogP contribution in [0.25, 0.3) is 10.8 Å². The molecular weight excluding hydrogens is 307 g/mol. The molecule has 0 aliphatic carbocycles. The first-order valence-corrected chi connectivity index (χ1v) is 7.22. The van der Waals surface area contributed by atoms with Crippen LogP contribution in [0.15, 0.2) is 42.5 Å². The van der Waals surface area contributed by atoms with E-state index in [1.165, 1.54) is 4.90 Å².